The third kappa shape index (κ3) is 3.56. The highest BCUT2D eigenvalue weighted by atomic mass is 79.9. The minimum absolute atomic E-state index is 0.0155. The summed E-state index contributed by atoms with van der Waals surface area (Å²) in [5.74, 6) is 1.12. The summed E-state index contributed by atoms with van der Waals surface area (Å²) < 4.78 is 11.8. The quantitative estimate of drug-likeness (QED) is 0.460. The van der Waals surface area contributed by atoms with Gasteiger partial charge in [0.1, 0.15) is 5.76 Å². The lowest BCUT2D eigenvalue weighted by molar-refractivity contribution is 0.0993. The number of hydrogen-bond donors (Lipinski definition) is 0. The van der Waals surface area contributed by atoms with E-state index in [1.807, 2.05) is 26.0 Å². The van der Waals surface area contributed by atoms with Crippen LogP contribution in [0.2, 0.25) is 0 Å². The fourth-order valence-corrected chi connectivity index (χ4v) is 3.05. The maximum absolute atomic E-state index is 12.4. The third-order valence-electron chi connectivity index (χ3n) is 3.27. The molecule has 0 aliphatic carbocycles. The van der Waals surface area contributed by atoms with E-state index >= 15 is 0 Å². The van der Waals surface area contributed by atoms with Gasteiger partial charge in [-0.15, -0.1) is 10.2 Å². The fraction of sp³-hybridized carbons (Fsp3) is 0.188. The van der Waals surface area contributed by atoms with Gasteiger partial charge in [0.15, 0.2) is 5.78 Å². The molecule has 0 aliphatic rings. The van der Waals surface area contributed by atoms with E-state index in [-0.39, 0.29) is 11.0 Å². The van der Waals surface area contributed by atoms with Crippen LogP contribution in [0, 0.1) is 6.92 Å². The molecule has 5 nitrogen and oxygen atoms in total. The molecule has 0 N–H and O–H groups in total. The summed E-state index contributed by atoms with van der Waals surface area (Å²) in [5.41, 5.74) is 1.41. The molecule has 0 saturated heterocycles. The van der Waals surface area contributed by atoms with Crippen molar-refractivity contribution < 1.29 is 13.6 Å². The van der Waals surface area contributed by atoms with Crippen LogP contribution in [-0.2, 0) is 0 Å². The molecule has 0 aliphatic heterocycles. The maximum Gasteiger partial charge on any atom is 0.277 e. The first kappa shape index (κ1) is 16.0. The number of aromatic nitrogens is 2. The molecule has 2 heterocycles. The van der Waals surface area contributed by atoms with E-state index in [9.17, 15) is 4.79 Å². The zero-order valence-electron chi connectivity index (χ0n) is 12.4. The van der Waals surface area contributed by atoms with Crippen LogP contribution in [0.15, 0.2) is 55.1 Å². The highest BCUT2D eigenvalue weighted by molar-refractivity contribution is 9.10. The molecule has 0 radical (unpaired) electrons. The van der Waals surface area contributed by atoms with E-state index in [4.69, 9.17) is 8.83 Å². The minimum Gasteiger partial charge on any atom is -0.469 e. The number of rotatable bonds is 5. The van der Waals surface area contributed by atoms with Crippen molar-refractivity contribution in [2.75, 3.05) is 0 Å². The number of halogens is 1. The molecular weight excluding hydrogens is 380 g/mol. The number of thioether (sulfide) groups is 1. The van der Waals surface area contributed by atoms with Gasteiger partial charge in [-0.1, -0.05) is 39.8 Å². The summed E-state index contributed by atoms with van der Waals surface area (Å²) >= 11 is 4.60. The van der Waals surface area contributed by atoms with Crippen LogP contribution >= 0.6 is 27.7 Å². The summed E-state index contributed by atoms with van der Waals surface area (Å²) in [6.07, 6.45) is 1.57. The molecule has 1 aromatic carbocycles. The third-order valence-corrected chi connectivity index (χ3v) is 4.73. The molecule has 0 amide bonds. The minimum atomic E-state index is -0.324. The van der Waals surface area contributed by atoms with Gasteiger partial charge in [0, 0.05) is 10.0 Å². The number of hydrogen-bond acceptors (Lipinski definition) is 6. The molecule has 2 aromatic heterocycles. The van der Waals surface area contributed by atoms with Crippen LogP contribution < -0.4 is 0 Å². The van der Waals surface area contributed by atoms with Gasteiger partial charge in [-0.25, -0.2) is 0 Å². The Morgan fingerprint density at radius 2 is 1.96 bits per heavy atom. The molecule has 0 saturated carbocycles. The number of carbonyl (C=O) groups is 1. The monoisotopic (exact) mass is 392 g/mol. The Labute approximate surface area is 145 Å². The first-order chi connectivity index (χ1) is 11.0. The summed E-state index contributed by atoms with van der Waals surface area (Å²) in [7, 11) is 0. The normalized spacial score (nSPS) is 12.3. The van der Waals surface area contributed by atoms with Crippen LogP contribution in [-0.4, -0.2) is 21.2 Å². The molecule has 1 atom stereocenters. The van der Waals surface area contributed by atoms with E-state index in [0.717, 1.165) is 10.0 Å². The Hall–Kier alpha value is -1.86. The van der Waals surface area contributed by atoms with Crippen LogP contribution in [0.3, 0.4) is 0 Å². The van der Waals surface area contributed by atoms with Crippen molar-refractivity contribution in [3.05, 3.63) is 52.4 Å². The van der Waals surface area contributed by atoms with E-state index in [1.165, 1.54) is 11.8 Å². The first-order valence-corrected chi connectivity index (χ1v) is 8.56. The summed E-state index contributed by atoms with van der Waals surface area (Å²) in [6.45, 7) is 3.65. The fourth-order valence-electron chi connectivity index (χ4n) is 2.03. The van der Waals surface area contributed by atoms with Gasteiger partial charge in [-0.2, -0.15) is 0 Å². The number of ketones is 1. The zero-order chi connectivity index (χ0) is 16.4. The lowest BCUT2D eigenvalue weighted by Gasteiger charge is -2.07. The van der Waals surface area contributed by atoms with Gasteiger partial charge in [0.05, 0.1) is 17.1 Å². The van der Waals surface area contributed by atoms with Crippen molar-refractivity contribution in [1.82, 2.24) is 10.2 Å². The zero-order valence-corrected chi connectivity index (χ0v) is 14.8. The highest BCUT2D eigenvalue weighted by Gasteiger charge is 2.20. The Morgan fingerprint density at radius 3 is 2.61 bits per heavy atom. The average molecular weight is 393 g/mol. The topological polar surface area (TPSA) is 69.1 Å². The van der Waals surface area contributed by atoms with Crippen molar-refractivity contribution in [3.8, 4) is 11.5 Å². The van der Waals surface area contributed by atoms with Crippen LogP contribution in [0.1, 0.15) is 23.0 Å². The van der Waals surface area contributed by atoms with Gasteiger partial charge >= 0.3 is 0 Å². The first-order valence-electron chi connectivity index (χ1n) is 6.89. The van der Waals surface area contributed by atoms with Gasteiger partial charge in [-0.05, 0) is 32.0 Å². The van der Waals surface area contributed by atoms with Gasteiger partial charge in [0.2, 0.25) is 0 Å². The predicted octanol–water partition coefficient (Wildman–Crippen LogP) is 4.76. The largest absolute Gasteiger partial charge is 0.469 e. The lowest BCUT2D eigenvalue weighted by Crippen LogP contribution is -2.13. The highest BCUT2D eigenvalue weighted by Crippen LogP contribution is 2.29. The van der Waals surface area contributed by atoms with Crippen LogP contribution in [0.5, 0.6) is 0 Å². The number of carbonyl (C=O) groups excluding carboxylic acids is 1. The van der Waals surface area contributed by atoms with Crippen LogP contribution in [0.4, 0.5) is 0 Å². The Balaban J connectivity index is 1.72. The van der Waals surface area contributed by atoms with Gasteiger partial charge in [-0.3, -0.25) is 4.79 Å². The standard InChI is InChI=1S/C16H13BrN2O3S/c1-9-13(7-8-21-9)15-18-19-16(22-15)23-10(2)14(20)11-3-5-12(17)6-4-11/h3-8,10H,1-2H3/t10-/m0/s1. The van der Waals surface area contributed by atoms with Crippen molar-refractivity contribution in [2.45, 2.75) is 24.3 Å². The lowest BCUT2D eigenvalue weighted by atomic mass is 10.1. The molecule has 23 heavy (non-hydrogen) atoms. The predicted molar refractivity (Wildman–Crippen MR) is 90.5 cm³/mol. The van der Waals surface area contributed by atoms with Crippen molar-refractivity contribution in [2.24, 2.45) is 0 Å². The van der Waals surface area contributed by atoms with Gasteiger partial charge in [0.25, 0.3) is 11.1 Å². The van der Waals surface area contributed by atoms with E-state index < -0.39 is 0 Å². The SMILES string of the molecule is Cc1occc1-c1nnc(S[C@@H](C)C(=O)c2ccc(Br)cc2)o1. The molecule has 0 bridgehead atoms. The summed E-state index contributed by atoms with van der Waals surface area (Å²) in [4.78, 5) is 12.4. The Morgan fingerprint density at radius 1 is 1.22 bits per heavy atom. The summed E-state index contributed by atoms with van der Waals surface area (Å²) in [5, 5.41) is 8.03. The van der Waals surface area contributed by atoms with Gasteiger partial charge < -0.3 is 8.83 Å². The smallest absolute Gasteiger partial charge is 0.277 e. The van der Waals surface area contributed by atoms with Crippen LogP contribution in [0.25, 0.3) is 11.5 Å². The molecule has 0 spiro atoms. The van der Waals surface area contributed by atoms with Crippen molar-refractivity contribution >= 4 is 33.5 Å². The van der Waals surface area contributed by atoms with E-state index in [2.05, 4.69) is 26.1 Å². The Kier molecular flexibility index (Phi) is 4.68. The molecule has 0 fully saturated rings. The molecule has 118 valence electrons. The number of nitrogens with zero attached hydrogens (tertiary/aromatic N) is 2. The molecule has 7 heteroatoms. The number of furan rings is 1. The molecular formula is C16H13BrN2O3S. The molecule has 3 aromatic rings. The van der Waals surface area contributed by atoms with E-state index in [1.54, 1.807) is 24.5 Å². The average Bonchev–Trinajstić information content (AvgIpc) is 3.16. The number of benzene rings is 1. The second-order valence-electron chi connectivity index (χ2n) is 4.89. The number of aryl methyl sites for hydroxylation is 1. The van der Waals surface area contributed by atoms with E-state index in [0.29, 0.717) is 22.4 Å². The number of Topliss-reactive ketones (excluding diaryl/α,β-unsaturated/α-hetero) is 1. The second kappa shape index (κ2) is 6.72. The van der Waals surface area contributed by atoms with Crippen molar-refractivity contribution in [1.29, 1.82) is 0 Å². The summed E-state index contributed by atoms with van der Waals surface area (Å²) in [6, 6.07) is 9.04. The second-order valence-corrected chi connectivity index (χ2v) is 7.10. The maximum atomic E-state index is 12.4. The molecule has 0 unspecified atom stereocenters. The van der Waals surface area contributed by atoms with Crippen molar-refractivity contribution in [3.63, 3.8) is 0 Å². The molecule has 3 rings (SSSR count). The Bertz CT molecular complexity index is 826.